The molecule has 2 aromatic carbocycles. The van der Waals surface area contributed by atoms with E-state index < -0.39 is 22.9 Å². The zero-order chi connectivity index (χ0) is 30.3. The fourth-order valence-electron chi connectivity index (χ4n) is 6.12. The lowest BCUT2D eigenvalue weighted by atomic mass is 9.83. The summed E-state index contributed by atoms with van der Waals surface area (Å²) < 4.78 is 19.6. The molecule has 1 aliphatic carbocycles. The summed E-state index contributed by atoms with van der Waals surface area (Å²) >= 11 is -1.42. The molecule has 1 N–H and O–H groups in total. The van der Waals surface area contributed by atoms with Gasteiger partial charge in [-0.15, -0.1) is 0 Å². The van der Waals surface area contributed by atoms with Crippen LogP contribution >= 0.6 is 0 Å². The summed E-state index contributed by atoms with van der Waals surface area (Å²) in [5.41, 5.74) is 3.09. The molecule has 1 aliphatic heterocycles. The Morgan fingerprint density at radius 3 is 2.58 bits per heavy atom. The summed E-state index contributed by atoms with van der Waals surface area (Å²) in [5.74, 6) is 0. The minimum Gasteiger partial charge on any atom is -0.609 e. The number of ether oxygens (including phenoxy) is 1. The van der Waals surface area contributed by atoms with Crippen LogP contribution in [0.3, 0.4) is 0 Å². The number of hydrogen-bond acceptors (Lipinski definition) is 8. The van der Waals surface area contributed by atoms with Crippen molar-refractivity contribution in [2.75, 3.05) is 29.1 Å². The Balaban J connectivity index is 1.41. The molecule has 0 spiro atoms. The number of pyridine rings is 1. The summed E-state index contributed by atoms with van der Waals surface area (Å²) in [4.78, 5) is 40.2. The average Bonchev–Trinajstić information content (AvgIpc) is 3.00. The van der Waals surface area contributed by atoms with Crippen LogP contribution in [0.2, 0.25) is 0 Å². The summed E-state index contributed by atoms with van der Waals surface area (Å²) in [7, 11) is 0. The van der Waals surface area contributed by atoms with Crippen LogP contribution in [0, 0.1) is 6.92 Å². The third-order valence-electron chi connectivity index (χ3n) is 8.43. The van der Waals surface area contributed by atoms with Crippen LogP contribution < -0.4 is 15.4 Å². The van der Waals surface area contributed by atoms with Crippen LogP contribution in [0.1, 0.15) is 49.8 Å². The SMILES string of the molecule is Cc1cccc2c1N(C(=O)OCc1ccccc1)CCN2c1cc2cnc([S+](C)[O-])nc2n(C2CCC(C)(O)CC2)c1=O. The van der Waals surface area contributed by atoms with Crippen molar-refractivity contribution in [2.24, 2.45) is 0 Å². The number of anilines is 3. The maximum Gasteiger partial charge on any atom is 0.414 e. The van der Waals surface area contributed by atoms with E-state index in [1.807, 2.05) is 67.3 Å². The van der Waals surface area contributed by atoms with Gasteiger partial charge in [-0.2, -0.15) is 9.97 Å². The van der Waals surface area contributed by atoms with E-state index in [0.717, 1.165) is 16.8 Å². The number of carbonyl (C=O) groups excluding carboxylic acids is 1. The predicted molar refractivity (Wildman–Crippen MR) is 166 cm³/mol. The second-order valence-electron chi connectivity index (χ2n) is 11.6. The predicted octanol–water partition coefficient (Wildman–Crippen LogP) is 5.00. The average molecular weight is 602 g/mol. The van der Waals surface area contributed by atoms with E-state index in [4.69, 9.17) is 4.74 Å². The van der Waals surface area contributed by atoms with E-state index in [0.29, 0.717) is 61.2 Å². The summed E-state index contributed by atoms with van der Waals surface area (Å²) in [6.07, 6.45) is 5.01. The molecule has 2 aliphatic rings. The van der Waals surface area contributed by atoms with E-state index in [1.165, 1.54) is 6.26 Å². The molecule has 3 heterocycles. The maximum absolute atomic E-state index is 14.4. The minimum atomic E-state index is -1.42. The molecule has 6 rings (SSSR count). The smallest absolute Gasteiger partial charge is 0.414 e. The number of nitrogens with zero attached hydrogens (tertiary/aromatic N) is 5. The van der Waals surface area contributed by atoms with Gasteiger partial charge < -0.3 is 19.3 Å². The van der Waals surface area contributed by atoms with Gasteiger partial charge in [-0.05, 0) is 62.8 Å². The van der Waals surface area contributed by atoms with Gasteiger partial charge in [0.25, 0.3) is 5.56 Å². The summed E-state index contributed by atoms with van der Waals surface area (Å²) in [6.45, 7) is 4.61. The van der Waals surface area contributed by atoms with Crippen molar-refractivity contribution in [3.8, 4) is 0 Å². The fraction of sp³-hybridized carbons (Fsp3) is 0.375. The van der Waals surface area contributed by atoms with Crippen molar-refractivity contribution in [2.45, 2.75) is 62.9 Å². The highest BCUT2D eigenvalue weighted by molar-refractivity contribution is 7.90. The first-order valence-electron chi connectivity index (χ1n) is 14.5. The molecule has 4 aromatic rings. The highest BCUT2D eigenvalue weighted by Gasteiger charge is 2.35. The Morgan fingerprint density at radius 2 is 1.86 bits per heavy atom. The Hall–Kier alpha value is -3.93. The van der Waals surface area contributed by atoms with Gasteiger partial charge in [-0.1, -0.05) is 42.5 Å². The topological polar surface area (TPSA) is 124 Å². The van der Waals surface area contributed by atoms with E-state index in [1.54, 1.807) is 21.7 Å². The van der Waals surface area contributed by atoms with E-state index in [2.05, 4.69) is 9.97 Å². The molecule has 1 fully saturated rings. The van der Waals surface area contributed by atoms with Crippen molar-refractivity contribution < 1.29 is 19.2 Å². The van der Waals surface area contributed by atoms with Crippen molar-refractivity contribution in [1.29, 1.82) is 0 Å². The quantitative estimate of drug-likeness (QED) is 0.251. The largest absolute Gasteiger partial charge is 0.609 e. The highest BCUT2D eigenvalue weighted by atomic mass is 32.2. The fourth-order valence-corrected chi connectivity index (χ4v) is 6.53. The molecular formula is C32H35N5O5S. The number of para-hydroxylation sites is 1. The van der Waals surface area contributed by atoms with Crippen molar-refractivity contribution >= 4 is 45.4 Å². The molecule has 0 bridgehead atoms. The van der Waals surface area contributed by atoms with Gasteiger partial charge in [-0.3, -0.25) is 14.3 Å². The molecule has 0 radical (unpaired) electrons. The third kappa shape index (κ3) is 5.72. The molecule has 11 heteroatoms. The lowest BCUT2D eigenvalue weighted by molar-refractivity contribution is 0.00999. The first kappa shape index (κ1) is 29.2. The zero-order valence-corrected chi connectivity index (χ0v) is 25.3. The first-order valence-corrected chi connectivity index (χ1v) is 16.0. The van der Waals surface area contributed by atoms with Crippen molar-refractivity contribution in [3.05, 3.63) is 82.3 Å². The standard InChI is InChI=1S/C32H35N5O5S/c1-21-8-7-11-25-27(21)36(31(39)42-20-22-9-5-4-6-10-22)17-16-35(25)26-18-23-19-33-30(43(3)41)34-28(23)37(29(26)38)24-12-14-32(2,40)15-13-24/h4-11,18-19,24,40H,12-17,20H2,1-3H3. The lowest BCUT2D eigenvalue weighted by Crippen LogP contribution is -2.45. The highest BCUT2D eigenvalue weighted by Crippen LogP contribution is 2.41. The van der Waals surface area contributed by atoms with Gasteiger partial charge in [-0.25, -0.2) is 4.79 Å². The number of carbonyl (C=O) groups is 1. The van der Waals surface area contributed by atoms with E-state index in [9.17, 15) is 19.2 Å². The summed E-state index contributed by atoms with van der Waals surface area (Å²) in [5, 5.41) is 11.4. The number of amides is 1. The number of fused-ring (bicyclic) bond motifs is 2. The molecule has 2 aromatic heterocycles. The number of benzene rings is 2. The molecular weight excluding hydrogens is 566 g/mol. The number of hydrogen-bond donors (Lipinski definition) is 1. The van der Waals surface area contributed by atoms with E-state index in [-0.39, 0.29) is 23.4 Å². The number of aryl methyl sites for hydroxylation is 1. The Bertz CT molecular complexity index is 1720. The molecule has 224 valence electrons. The molecule has 43 heavy (non-hydrogen) atoms. The Labute approximate surface area is 253 Å². The zero-order valence-electron chi connectivity index (χ0n) is 24.5. The maximum atomic E-state index is 14.4. The van der Waals surface area contributed by atoms with Gasteiger partial charge >= 0.3 is 11.2 Å². The molecule has 1 unspecified atom stereocenters. The Kier molecular flexibility index (Phi) is 7.89. The minimum absolute atomic E-state index is 0.162. The van der Waals surface area contributed by atoms with Gasteiger partial charge in [0.05, 0.1) is 17.0 Å². The van der Waals surface area contributed by atoms with Crippen LogP contribution in [0.5, 0.6) is 0 Å². The number of aromatic nitrogens is 3. The van der Waals surface area contributed by atoms with Crippen molar-refractivity contribution in [3.63, 3.8) is 0 Å². The normalized spacial score (nSPS) is 21.0. The van der Waals surface area contributed by atoms with Crippen LogP contribution in [0.25, 0.3) is 11.0 Å². The third-order valence-corrected chi connectivity index (χ3v) is 9.14. The monoisotopic (exact) mass is 601 g/mol. The molecule has 0 saturated heterocycles. The molecule has 10 nitrogen and oxygen atoms in total. The Morgan fingerprint density at radius 1 is 1.12 bits per heavy atom. The number of aliphatic hydroxyl groups is 1. The second-order valence-corrected chi connectivity index (χ2v) is 12.9. The first-order chi connectivity index (χ1) is 20.6. The molecule has 1 saturated carbocycles. The molecule has 1 amide bonds. The second kappa shape index (κ2) is 11.6. The van der Waals surface area contributed by atoms with E-state index >= 15 is 0 Å². The van der Waals surface area contributed by atoms with Gasteiger partial charge in [0.2, 0.25) is 0 Å². The summed E-state index contributed by atoms with van der Waals surface area (Å²) in [6, 6.07) is 16.9. The lowest BCUT2D eigenvalue weighted by Gasteiger charge is -2.38. The molecule has 1 atom stereocenters. The van der Waals surface area contributed by atoms with Gasteiger partial charge in [0, 0.05) is 41.9 Å². The van der Waals surface area contributed by atoms with Crippen LogP contribution in [0.15, 0.2) is 70.7 Å². The number of rotatable bonds is 5. The van der Waals surface area contributed by atoms with Crippen LogP contribution in [-0.4, -0.2) is 55.2 Å². The van der Waals surface area contributed by atoms with Crippen LogP contribution in [-0.2, 0) is 22.5 Å². The van der Waals surface area contributed by atoms with Crippen molar-refractivity contribution in [1.82, 2.24) is 14.5 Å². The van der Waals surface area contributed by atoms with Gasteiger partial charge in [0.15, 0.2) is 5.65 Å². The van der Waals surface area contributed by atoms with Crippen LogP contribution in [0.4, 0.5) is 21.9 Å². The van der Waals surface area contributed by atoms with Gasteiger partial charge in [0.1, 0.15) is 18.6 Å².